The van der Waals surface area contributed by atoms with Crippen LogP contribution in [0.4, 0.5) is 0 Å². The molecule has 0 fully saturated rings. The minimum Gasteiger partial charge on any atom is -0.392 e. The van der Waals surface area contributed by atoms with Crippen molar-refractivity contribution in [3.8, 4) is 0 Å². The molecule has 0 saturated carbocycles. The highest BCUT2D eigenvalue weighted by atomic mass is 16.3. The molecule has 0 heterocycles. The molecule has 1 aromatic rings. The van der Waals surface area contributed by atoms with Crippen LogP contribution in [-0.4, -0.2) is 16.6 Å². The topological polar surface area (TPSA) is 75.4 Å². The summed E-state index contributed by atoms with van der Waals surface area (Å²) in [4.78, 5) is 10.9. The number of amides is 1. The molecule has 1 rings (SSSR count). The second kappa shape index (κ2) is 5.80. The van der Waals surface area contributed by atoms with Crippen LogP contribution in [0.3, 0.4) is 0 Å². The quantitative estimate of drug-likeness (QED) is 0.687. The van der Waals surface area contributed by atoms with Crippen molar-refractivity contribution in [3.05, 3.63) is 35.4 Å². The zero-order chi connectivity index (χ0) is 12.9. The molecule has 1 aromatic carbocycles. The molecule has 17 heavy (non-hydrogen) atoms. The first-order chi connectivity index (χ1) is 7.93. The summed E-state index contributed by atoms with van der Waals surface area (Å²) in [6, 6.07) is 7.69. The van der Waals surface area contributed by atoms with E-state index >= 15 is 0 Å². The third-order valence-corrected chi connectivity index (χ3v) is 2.59. The summed E-state index contributed by atoms with van der Waals surface area (Å²) in [6.07, 6.45) is 0.307. The third kappa shape index (κ3) is 4.97. The number of hydrogen-bond donors (Lipinski definition) is 3. The van der Waals surface area contributed by atoms with E-state index in [4.69, 9.17) is 10.8 Å². The van der Waals surface area contributed by atoms with E-state index in [1.54, 1.807) is 0 Å². The maximum Gasteiger partial charge on any atom is 0.219 e. The van der Waals surface area contributed by atoms with Gasteiger partial charge in [-0.2, -0.15) is 0 Å². The van der Waals surface area contributed by atoms with Crippen LogP contribution in [0.15, 0.2) is 24.3 Å². The van der Waals surface area contributed by atoms with E-state index in [0.717, 1.165) is 11.1 Å². The lowest BCUT2D eigenvalue weighted by molar-refractivity contribution is -0.119. The van der Waals surface area contributed by atoms with Crippen LogP contribution < -0.4 is 11.1 Å². The molecule has 0 bridgehead atoms. The number of rotatable bonds is 6. The van der Waals surface area contributed by atoms with Crippen LogP contribution in [0.2, 0.25) is 0 Å². The fourth-order valence-electron chi connectivity index (χ4n) is 1.60. The molecule has 94 valence electrons. The highest BCUT2D eigenvalue weighted by Gasteiger charge is 2.19. The fraction of sp³-hybridized carbons (Fsp3) is 0.462. The molecule has 0 aliphatic heterocycles. The van der Waals surface area contributed by atoms with Gasteiger partial charge in [0.25, 0.3) is 0 Å². The van der Waals surface area contributed by atoms with Gasteiger partial charge in [0.2, 0.25) is 5.91 Å². The number of aliphatic hydroxyl groups excluding tert-OH is 1. The molecule has 4 N–H and O–H groups in total. The van der Waals surface area contributed by atoms with Crippen molar-refractivity contribution < 1.29 is 9.90 Å². The van der Waals surface area contributed by atoms with E-state index in [0.29, 0.717) is 13.0 Å². The van der Waals surface area contributed by atoms with Crippen molar-refractivity contribution in [2.24, 2.45) is 5.73 Å². The Balaban J connectivity index is 2.51. The first-order valence-corrected chi connectivity index (χ1v) is 5.65. The average Bonchev–Trinajstić information content (AvgIpc) is 2.25. The molecule has 0 aliphatic rings. The molecule has 4 nitrogen and oxygen atoms in total. The maximum atomic E-state index is 10.9. The van der Waals surface area contributed by atoms with E-state index in [1.165, 1.54) is 0 Å². The van der Waals surface area contributed by atoms with Crippen molar-refractivity contribution in [2.75, 3.05) is 0 Å². The molecule has 0 unspecified atom stereocenters. The molecule has 0 spiro atoms. The molecule has 0 aromatic heterocycles. The summed E-state index contributed by atoms with van der Waals surface area (Å²) in [5, 5.41) is 12.2. The van der Waals surface area contributed by atoms with Crippen LogP contribution >= 0.6 is 0 Å². The van der Waals surface area contributed by atoms with Crippen LogP contribution in [0.5, 0.6) is 0 Å². The second-order valence-corrected chi connectivity index (χ2v) is 4.86. The highest BCUT2D eigenvalue weighted by Crippen LogP contribution is 2.10. The molecular formula is C13H20N2O2. The summed E-state index contributed by atoms with van der Waals surface area (Å²) in [5.41, 5.74) is 6.88. The van der Waals surface area contributed by atoms with Crippen LogP contribution in [0.1, 0.15) is 31.4 Å². The van der Waals surface area contributed by atoms with Gasteiger partial charge in [0.05, 0.1) is 6.61 Å². The Labute approximate surface area is 102 Å². The molecule has 0 atom stereocenters. The first kappa shape index (κ1) is 13.7. The van der Waals surface area contributed by atoms with E-state index in [9.17, 15) is 4.79 Å². The number of hydrogen-bond acceptors (Lipinski definition) is 3. The van der Waals surface area contributed by atoms with E-state index < -0.39 is 0 Å². The van der Waals surface area contributed by atoms with Crippen molar-refractivity contribution >= 4 is 5.91 Å². The van der Waals surface area contributed by atoms with Gasteiger partial charge in [-0.1, -0.05) is 24.3 Å². The molecule has 4 heteroatoms. The van der Waals surface area contributed by atoms with Crippen molar-refractivity contribution in [2.45, 2.75) is 39.0 Å². The van der Waals surface area contributed by atoms with Gasteiger partial charge in [0.1, 0.15) is 0 Å². The number of carbonyl (C=O) groups excluding carboxylic acids is 1. The van der Waals surface area contributed by atoms with Gasteiger partial charge in [-0.15, -0.1) is 0 Å². The lowest BCUT2D eigenvalue weighted by Crippen LogP contribution is -2.42. The number of nitrogens with one attached hydrogen (secondary N) is 1. The maximum absolute atomic E-state index is 10.9. The molecule has 0 aliphatic carbocycles. The second-order valence-electron chi connectivity index (χ2n) is 4.86. The van der Waals surface area contributed by atoms with Gasteiger partial charge >= 0.3 is 0 Å². The number of primary amides is 1. The summed E-state index contributed by atoms with van der Waals surface area (Å²) in [6.45, 7) is 4.62. The molecular weight excluding hydrogens is 216 g/mol. The van der Waals surface area contributed by atoms with Crippen LogP contribution in [0.25, 0.3) is 0 Å². The normalized spacial score (nSPS) is 11.5. The summed E-state index contributed by atoms with van der Waals surface area (Å²) in [5.74, 6) is -0.307. The predicted molar refractivity (Wildman–Crippen MR) is 67.1 cm³/mol. The predicted octanol–water partition coefficient (Wildman–Crippen LogP) is 0.922. The lowest BCUT2D eigenvalue weighted by atomic mass is 10.00. The van der Waals surface area contributed by atoms with E-state index in [2.05, 4.69) is 5.32 Å². The Kier molecular flexibility index (Phi) is 4.66. The van der Waals surface area contributed by atoms with Gasteiger partial charge in [0, 0.05) is 18.5 Å². The van der Waals surface area contributed by atoms with E-state index in [-0.39, 0.29) is 18.1 Å². The average molecular weight is 236 g/mol. The van der Waals surface area contributed by atoms with Gasteiger partial charge in [-0.3, -0.25) is 4.79 Å². The Bertz CT molecular complexity index is 372. The highest BCUT2D eigenvalue weighted by molar-refractivity contribution is 5.74. The fourth-order valence-corrected chi connectivity index (χ4v) is 1.60. The lowest BCUT2D eigenvalue weighted by Gasteiger charge is -2.24. The molecule has 0 radical (unpaired) electrons. The minimum absolute atomic E-state index is 0.0564. The first-order valence-electron chi connectivity index (χ1n) is 5.65. The standard InChI is InChI=1S/C13H20N2O2/c1-13(2,7-12(14)17)15-8-10-3-5-11(9-16)6-4-10/h3-6,15-16H,7-9H2,1-2H3,(H2,14,17). The Morgan fingerprint density at radius 1 is 1.29 bits per heavy atom. The van der Waals surface area contributed by atoms with Gasteiger partial charge in [-0.25, -0.2) is 0 Å². The van der Waals surface area contributed by atoms with Crippen LogP contribution in [-0.2, 0) is 17.9 Å². The monoisotopic (exact) mass is 236 g/mol. The van der Waals surface area contributed by atoms with Crippen LogP contribution in [0, 0.1) is 0 Å². The van der Waals surface area contributed by atoms with Gasteiger partial charge in [0.15, 0.2) is 0 Å². The Morgan fingerprint density at radius 3 is 2.29 bits per heavy atom. The summed E-state index contributed by atoms with van der Waals surface area (Å²) >= 11 is 0. The van der Waals surface area contributed by atoms with Crippen molar-refractivity contribution in [1.29, 1.82) is 0 Å². The SMILES string of the molecule is CC(C)(CC(N)=O)NCc1ccc(CO)cc1. The van der Waals surface area contributed by atoms with Gasteiger partial charge in [-0.05, 0) is 25.0 Å². The van der Waals surface area contributed by atoms with Crippen molar-refractivity contribution in [3.63, 3.8) is 0 Å². The summed E-state index contributed by atoms with van der Waals surface area (Å²) < 4.78 is 0. The third-order valence-electron chi connectivity index (χ3n) is 2.59. The van der Waals surface area contributed by atoms with E-state index in [1.807, 2.05) is 38.1 Å². The Hall–Kier alpha value is -1.39. The number of benzene rings is 1. The molecule has 1 amide bonds. The zero-order valence-electron chi connectivity index (χ0n) is 10.4. The smallest absolute Gasteiger partial charge is 0.219 e. The van der Waals surface area contributed by atoms with Gasteiger partial charge < -0.3 is 16.2 Å². The molecule has 0 saturated heterocycles. The minimum atomic E-state index is -0.307. The number of carbonyl (C=O) groups is 1. The largest absolute Gasteiger partial charge is 0.392 e. The Morgan fingerprint density at radius 2 is 1.82 bits per heavy atom. The number of aliphatic hydroxyl groups is 1. The van der Waals surface area contributed by atoms with Crippen molar-refractivity contribution in [1.82, 2.24) is 5.32 Å². The number of nitrogens with two attached hydrogens (primary N) is 1. The summed E-state index contributed by atoms with van der Waals surface area (Å²) in [7, 11) is 0. The zero-order valence-corrected chi connectivity index (χ0v) is 10.4.